The maximum Gasteiger partial charge on any atom is 0.225 e. The summed E-state index contributed by atoms with van der Waals surface area (Å²) >= 11 is 3.55. The van der Waals surface area contributed by atoms with Gasteiger partial charge < -0.3 is 9.64 Å². The molecular weight excluding hydrogens is 456 g/mol. The third-order valence-electron chi connectivity index (χ3n) is 6.41. The molecule has 3 heterocycles. The van der Waals surface area contributed by atoms with Crippen molar-refractivity contribution in [1.82, 2.24) is 19.7 Å². The molecule has 2 aromatic rings. The summed E-state index contributed by atoms with van der Waals surface area (Å²) in [5.74, 6) is 1.44. The van der Waals surface area contributed by atoms with Crippen molar-refractivity contribution in [2.24, 2.45) is 5.92 Å². The number of amides is 1. The predicted molar refractivity (Wildman–Crippen MR) is 125 cm³/mol. The highest BCUT2D eigenvalue weighted by Crippen LogP contribution is 2.26. The number of piperazine rings is 1. The van der Waals surface area contributed by atoms with Gasteiger partial charge in [0.25, 0.3) is 0 Å². The average molecular weight is 487 g/mol. The number of likely N-dealkylation sites (tertiary alicyclic amines) is 1. The Labute approximate surface area is 193 Å². The van der Waals surface area contributed by atoms with Crippen molar-refractivity contribution in [2.45, 2.75) is 25.9 Å². The van der Waals surface area contributed by atoms with Gasteiger partial charge in [0.15, 0.2) is 0 Å². The van der Waals surface area contributed by atoms with Crippen LogP contribution < -0.4 is 4.74 Å². The molecule has 0 atom stereocenters. The Morgan fingerprint density at radius 1 is 1.00 bits per heavy atom. The van der Waals surface area contributed by atoms with Crippen LogP contribution in [0.2, 0.25) is 0 Å². The lowest BCUT2D eigenvalue weighted by atomic mass is 9.94. The number of methoxy groups -OCH3 is 1. The zero-order chi connectivity index (χ0) is 21.6. The fourth-order valence-electron chi connectivity index (χ4n) is 4.58. The van der Waals surface area contributed by atoms with E-state index in [-0.39, 0.29) is 5.92 Å². The van der Waals surface area contributed by atoms with E-state index in [2.05, 4.69) is 53.8 Å². The van der Waals surface area contributed by atoms with Crippen LogP contribution in [0.5, 0.6) is 5.75 Å². The number of aromatic nitrogens is 1. The molecule has 0 bridgehead atoms. The van der Waals surface area contributed by atoms with Gasteiger partial charge in [-0.2, -0.15) is 0 Å². The van der Waals surface area contributed by atoms with Crippen molar-refractivity contribution in [3.05, 3.63) is 58.3 Å². The first kappa shape index (κ1) is 22.2. The van der Waals surface area contributed by atoms with Gasteiger partial charge in [-0.3, -0.25) is 19.6 Å². The van der Waals surface area contributed by atoms with Crippen molar-refractivity contribution in [3.8, 4) is 5.75 Å². The van der Waals surface area contributed by atoms with E-state index in [1.54, 1.807) is 7.11 Å². The van der Waals surface area contributed by atoms with Gasteiger partial charge in [0.1, 0.15) is 5.75 Å². The van der Waals surface area contributed by atoms with Crippen molar-refractivity contribution >= 4 is 21.8 Å². The molecule has 0 saturated carbocycles. The maximum absolute atomic E-state index is 13.1. The maximum atomic E-state index is 13.1. The molecule has 0 unspecified atom stereocenters. The minimum absolute atomic E-state index is 0.172. The Balaban J connectivity index is 1.23. The van der Waals surface area contributed by atoms with Crippen LogP contribution in [0.25, 0.3) is 0 Å². The number of halogens is 1. The highest BCUT2D eigenvalue weighted by molar-refractivity contribution is 9.10. The van der Waals surface area contributed by atoms with Gasteiger partial charge in [0.2, 0.25) is 5.91 Å². The van der Waals surface area contributed by atoms with Gasteiger partial charge in [-0.25, -0.2) is 0 Å². The third kappa shape index (κ3) is 5.84. The summed E-state index contributed by atoms with van der Waals surface area (Å²) in [6.07, 6.45) is 5.61. The Bertz CT molecular complexity index is 863. The van der Waals surface area contributed by atoms with Gasteiger partial charge in [-0.1, -0.05) is 15.9 Å². The van der Waals surface area contributed by atoms with Crippen molar-refractivity contribution in [1.29, 1.82) is 0 Å². The summed E-state index contributed by atoms with van der Waals surface area (Å²) in [7, 11) is 1.71. The van der Waals surface area contributed by atoms with E-state index >= 15 is 0 Å². The smallest absolute Gasteiger partial charge is 0.225 e. The SMILES string of the molecule is COc1ccc(Br)cc1CN1CCN(C(=O)C2CCN(Cc3ccncc3)CC2)CC1. The van der Waals surface area contributed by atoms with E-state index in [1.807, 2.05) is 24.5 Å². The molecule has 1 aromatic heterocycles. The first-order valence-electron chi connectivity index (χ1n) is 11.1. The second-order valence-corrected chi connectivity index (χ2v) is 9.38. The number of carbonyl (C=O) groups is 1. The number of pyridine rings is 1. The number of ether oxygens (including phenoxy) is 1. The van der Waals surface area contributed by atoms with E-state index in [0.717, 1.165) is 75.4 Å². The molecular formula is C24H31BrN4O2. The van der Waals surface area contributed by atoms with E-state index in [9.17, 15) is 4.79 Å². The second kappa shape index (κ2) is 10.6. The summed E-state index contributed by atoms with van der Waals surface area (Å²) in [6.45, 7) is 7.20. The van der Waals surface area contributed by atoms with Crippen LogP contribution in [-0.2, 0) is 17.9 Å². The van der Waals surface area contributed by atoms with Crippen LogP contribution >= 0.6 is 15.9 Å². The van der Waals surface area contributed by atoms with Crippen LogP contribution in [0.1, 0.15) is 24.0 Å². The van der Waals surface area contributed by atoms with Gasteiger partial charge >= 0.3 is 0 Å². The number of benzene rings is 1. The summed E-state index contributed by atoms with van der Waals surface area (Å²) in [5.41, 5.74) is 2.47. The standard InChI is InChI=1S/C24H31BrN4O2/c1-31-23-3-2-22(25)16-21(23)18-28-12-14-29(15-13-28)24(30)20-6-10-27(11-7-20)17-19-4-8-26-9-5-19/h2-5,8-9,16,20H,6-7,10-15,17-18H2,1H3. The lowest BCUT2D eigenvalue weighted by molar-refractivity contribution is -0.139. The summed E-state index contributed by atoms with van der Waals surface area (Å²) in [6, 6.07) is 10.3. The number of carbonyl (C=O) groups excluding carboxylic acids is 1. The zero-order valence-corrected chi connectivity index (χ0v) is 19.8. The molecule has 0 aliphatic carbocycles. The van der Waals surface area contributed by atoms with Crippen LogP contribution in [0.4, 0.5) is 0 Å². The number of rotatable bonds is 6. The van der Waals surface area contributed by atoms with Crippen LogP contribution in [0, 0.1) is 5.92 Å². The normalized spacial score (nSPS) is 18.8. The van der Waals surface area contributed by atoms with Gasteiger partial charge in [0, 0.05) is 67.6 Å². The fourth-order valence-corrected chi connectivity index (χ4v) is 4.99. The van der Waals surface area contributed by atoms with Crippen molar-refractivity contribution in [3.63, 3.8) is 0 Å². The van der Waals surface area contributed by atoms with E-state index < -0.39 is 0 Å². The first-order chi connectivity index (χ1) is 15.1. The number of piperidine rings is 1. The minimum atomic E-state index is 0.172. The lowest BCUT2D eigenvalue weighted by Gasteiger charge is -2.38. The lowest BCUT2D eigenvalue weighted by Crippen LogP contribution is -2.51. The molecule has 0 radical (unpaired) electrons. The predicted octanol–water partition coefficient (Wildman–Crippen LogP) is 3.41. The number of hydrogen-bond donors (Lipinski definition) is 0. The Morgan fingerprint density at radius 2 is 1.68 bits per heavy atom. The topological polar surface area (TPSA) is 48.9 Å². The van der Waals surface area contributed by atoms with Crippen LogP contribution in [0.3, 0.4) is 0 Å². The largest absolute Gasteiger partial charge is 0.496 e. The summed E-state index contributed by atoms with van der Waals surface area (Å²) < 4.78 is 6.57. The Hall–Kier alpha value is -1.96. The molecule has 6 nitrogen and oxygen atoms in total. The van der Waals surface area contributed by atoms with Crippen molar-refractivity contribution < 1.29 is 9.53 Å². The van der Waals surface area contributed by atoms with E-state index in [0.29, 0.717) is 5.91 Å². The second-order valence-electron chi connectivity index (χ2n) is 8.46. The third-order valence-corrected chi connectivity index (χ3v) is 6.91. The molecule has 31 heavy (non-hydrogen) atoms. The highest BCUT2D eigenvalue weighted by Gasteiger charge is 2.30. The number of hydrogen-bond acceptors (Lipinski definition) is 5. The van der Waals surface area contributed by atoms with E-state index in [4.69, 9.17) is 4.74 Å². The highest BCUT2D eigenvalue weighted by atomic mass is 79.9. The number of nitrogens with zero attached hydrogens (tertiary/aromatic N) is 4. The first-order valence-corrected chi connectivity index (χ1v) is 11.9. The molecule has 2 fully saturated rings. The Morgan fingerprint density at radius 3 is 2.35 bits per heavy atom. The fraction of sp³-hybridized carbons (Fsp3) is 0.500. The van der Waals surface area contributed by atoms with Crippen LogP contribution in [0.15, 0.2) is 47.2 Å². The Kier molecular flexibility index (Phi) is 7.58. The quantitative estimate of drug-likeness (QED) is 0.625. The summed E-state index contributed by atoms with van der Waals surface area (Å²) in [4.78, 5) is 24.1. The minimum Gasteiger partial charge on any atom is -0.496 e. The molecule has 2 saturated heterocycles. The van der Waals surface area contributed by atoms with E-state index in [1.165, 1.54) is 11.1 Å². The average Bonchev–Trinajstić information content (AvgIpc) is 2.80. The molecule has 2 aliphatic heterocycles. The molecule has 2 aliphatic rings. The molecule has 1 amide bonds. The molecule has 166 valence electrons. The molecule has 0 N–H and O–H groups in total. The molecule has 7 heteroatoms. The molecule has 0 spiro atoms. The van der Waals surface area contributed by atoms with Gasteiger partial charge in [-0.15, -0.1) is 0 Å². The zero-order valence-electron chi connectivity index (χ0n) is 18.2. The molecule has 4 rings (SSSR count). The van der Waals surface area contributed by atoms with Crippen LogP contribution in [-0.4, -0.2) is 72.0 Å². The van der Waals surface area contributed by atoms with Crippen molar-refractivity contribution in [2.75, 3.05) is 46.4 Å². The monoisotopic (exact) mass is 486 g/mol. The van der Waals surface area contributed by atoms with Gasteiger partial charge in [0.05, 0.1) is 7.11 Å². The van der Waals surface area contributed by atoms with Gasteiger partial charge in [-0.05, 0) is 61.8 Å². The molecule has 1 aromatic carbocycles. The summed E-state index contributed by atoms with van der Waals surface area (Å²) in [5, 5.41) is 0.